The lowest BCUT2D eigenvalue weighted by molar-refractivity contribution is -0.131. The van der Waals surface area contributed by atoms with Crippen molar-refractivity contribution < 1.29 is 14.6 Å². The molecule has 0 aromatic heterocycles. The Balaban J connectivity index is 2.13. The number of nitrogens with zero attached hydrogens (tertiary/aromatic N) is 1. The molecule has 0 saturated heterocycles. The van der Waals surface area contributed by atoms with Gasteiger partial charge in [-0.05, 0) is 23.8 Å². The van der Waals surface area contributed by atoms with E-state index >= 15 is 0 Å². The molecule has 0 heterocycles. The Kier molecular flexibility index (Phi) is 6.44. The van der Waals surface area contributed by atoms with Crippen LogP contribution < -0.4 is 4.74 Å². The van der Waals surface area contributed by atoms with E-state index in [-0.39, 0.29) is 25.5 Å². The summed E-state index contributed by atoms with van der Waals surface area (Å²) in [4.78, 5) is 14.2. The number of carbonyl (C=O) groups is 1. The standard InChI is InChI=1S/C18H20ClNO3/c1-23-17-8-7-16(19)11-15(17)12-18(22)20(9-10-21)13-14-5-3-2-4-6-14/h2-8,11,21H,9-10,12-13H2,1H3. The number of aliphatic hydroxyl groups is 1. The van der Waals surface area contributed by atoms with Crippen LogP contribution in [-0.4, -0.2) is 36.2 Å². The van der Waals surface area contributed by atoms with Crippen molar-refractivity contribution in [3.05, 3.63) is 64.7 Å². The summed E-state index contributed by atoms with van der Waals surface area (Å²) in [6.45, 7) is 0.672. The van der Waals surface area contributed by atoms with Crippen molar-refractivity contribution in [2.45, 2.75) is 13.0 Å². The van der Waals surface area contributed by atoms with Crippen LogP contribution in [0.3, 0.4) is 0 Å². The first-order chi connectivity index (χ1) is 11.1. The molecule has 0 aliphatic heterocycles. The molecular weight excluding hydrogens is 314 g/mol. The van der Waals surface area contributed by atoms with Gasteiger partial charge in [0.15, 0.2) is 0 Å². The molecule has 122 valence electrons. The van der Waals surface area contributed by atoms with Crippen molar-refractivity contribution in [2.24, 2.45) is 0 Å². The Hall–Kier alpha value is -2.04. The van der Waals surface area contributed by atoms with Gasteiger partial charge in [-0.2, -0.15) is 0 Å². The summed E-state index contributed by atoms with van der Waals surface area (Å²) >= 11 is 6.01. The predicted octanol–water partition coefficient (Wildman–Crippen LogP) is 2.91. The molecule has 4 nitrogen and oxygen atoms in total. The van der Waals surface area contributed by atoms with Crippen LogP contribution in [-0.2, 0) is 17.8 Å². The maximum atomic E-state index is 12.6. The van der Waals surface area contributed by atoms with Crippen molar-refractivity contribution in [1.82, 2.24) is 4.90 Å². The second kappa shape index (κ2) is 8.56. The molecule has 1 amide bonds. The molecule has 2 aromatic rings. The van der Waals surface area contributed by atoms with Crippen molar-refractivity contribution >= 4 is 17.5 Å². The van der Waals surface area contributed by atoms with E-state index in [1.54, 1.807) is 30.2 Å². The normalized spacial score (nSPS) is 10.4. The van der Waals surface area contributed by atoms with Crippen LogP contribution in [0.2, 0.25) is 5.02 Å². The zero-order chi connectivity index (χ0) is 16.7. The first-order valence-electron chi connectivity index (χ1n) is 7.39. The van der Waals surface area contributed by atoms with Gasteiger partial charge < -0.3 is 14.7 Å². The maximum Gasteiger partial charge on any atom is 0.227 e. The minimum Gasteiger partial charge on any atom is -0.496 e. The van der Waals surface area contributed by atoms with Gasteiger partial charge in [0, 0.05) is 23.7 Å². The summed E-state index contributed by atoms with van der Waals surface area (Å²) in [6, 6.07) is 14.9. The first kappa shape index (κ1) is 17.3. The van der Waals surface area contributed by atoms with Crippen LogP contribution in [0.15, 0.2) is 48.5 Å². The Morgan fingerprint density at radius 1 is 1.22 bits per heavy atom. The number of ether oxygens (including phenoxy) is 1. The summed E-state index contributed by atoms with van der Waals surface area (Å²) in [7, 11) is 1.56. The fourth-order valence-electron chi connectivity index (χ4n) is 2.38. The number of hydrogen-bond acceptors (Lipinski definition) is 3. The van der Waals surface area contributed by atoms with Gasteiger partial charge in [0.2, 0.25) is 5.91 Å². The monoisotopic (exact) mass is 333 g/mol. The average Bonchev–Trinajstić information content (AvgIpc) is 2.55. The number of aliphatic hydroxyl groups excluding tert-OH is 1. The maximum absolute atomic E-state index is 12.6. The summed E-state index contributed by atoms with van der Waals surface area (Å²) in [6.07, 6.45) is 0.177. The van der Waals surface area contributed by atoms with Gasteiger partial charge in [0.1, 0.15) is 5.75 Å². The highest BCUT2D eigenvalue weighted by Gasteiger charge is 2.16. The van der Waals surface area contributed by atoms with Crippen LogP contribution in [0.5, 0.6) is 5.75 Å². The molecular formula is C18H20ClNO3. The smallest absolute Gasteiger partial charge is 0.227 e. The van der Waals surface area contributed by atoms with Crippen LogP contribution in [0.4, 0.5) is 0 Å². The van der Waals surface area contributed by atoms with E-state index in [1.165, 1.54) is 0 Å². The lowest BCUT2D eigenvalue weighted by atomic mass is 10.1. The summed E-state index contributed by atoms with van der Waals surface area (Å²) in [5, 5.41) is 9.80. The van der Waals surface area contributed by atoms with E-state index in [9.17, 15) is 9.90 Å². The number of carbonyl (C=O) groups excluding carboxylic acids is 1. The topological polar surface area (TPSA) is 49.8 Å². The first-order valence-corrected chi connectivity index (χ1v) is 7.77. The van der Waals surface area contributed by atoms with Crippen molar-refractivity contribution in [1.29, 1.82) is 0 Å². The van der Waals surface area contributed by atoms with Crippen molar-refractivity contribution in [2.75, 3.05) is 20.3 Å². The molecule has 0 unspecified atom stereocenters. The molecule has 0 atom stereocenters. The Morgan fingerprint density at radius 3 is 2.61 bits per heavy atom. The van der Waals surface area contributed by atoms with Crippen LogP contribution >= 0.6 is 11.6 Å². The quantitative estimate of drug-likeness (QED) is 0.847. The second-order valence-electron chi connectivity index (χ2n) is 5.16. The van der Waals surface area contributed by atoms with Gasteiger partial charge in [0.25, 0.3) is 0 Å². The molecule has 0 aliphatic carbocycles. The summed E-state index contributed by atoms with van der Waals surface area (Å²) in [5.74, 6) is 0.551. The second-order valence-corrected chi connectivity index (χ2v) is 5.59. The van der Waals surface area contributed by atoms with Crippen molar-refractivity contribution in [3.8, 4) is 5.75 Å². The third-order valence-electron chi connectivity index (χ3n) is 3.52. The number of methoxy groups -OCH3 is 1. The zero-order valence-corrected chi connectivity index (χ0v) is 13.8. The molecule has 0 saturated carbocycles. The molecule has 0 aliphatic rings. The zero-order valence-electron chi connectivity index (χ0n) is 13.0. The van der Waals surface area contributed by atoms with Gasteiger partial charge in [0.05, 0.1) is 20.1 Å². The third-order valence-corrected chi connectivity index (χ3v) is 3.76. The average molecular weight is 334 g/mol. The fourth-order valence-corrected chi connectivity index (χ4v) is 2.57. The molecule has 0 fully saturated rings. The van der Waals surface area contributed by atoms with Gasteiger partial charge in [-0.25, -0.2) is 0 Å². The number of benzene rings is 2. The Morgan fingerprint density at radius 2 is 1.96 bits per heavy atom. The van der Waals surface area contributed by atoms with Gasteiger partial charge >= 0.3 is 0 Å². The SMILES string of the molecule is COc1ccc(Cl)cc1CC(=O)N(CCO)Cc1ccccc1. The van der Waals surface area contributed by atoms with E-state index in [2.05, 4.69) is 0 Å². The molecule has 2 aromatic carbocycles. The molecule has 0 radical (unpaired) electrons. The number of rotatable bonds is 7. The highest BCUT2D eigenvalue weighted by Crippen LogP contribution is 2.23. The Labute approximate surface area is 141 Å². The van der Waals surface area contributed by atoms with Gasteiger partial charge in [-0.1, -0.05) is 41.9 Å². The molecule has 1 N–H and O–H groups in total. The lowest BCUT2D eigenvalue weighted by Gasteiger charge is -2.22. The largest absolute Gasteiger partial charge is 0.496 e. The molecule has 5 heteroatoms. The van der Waals surface area contributed by atoms with Gasteiger partial charge in [-0.3, -0.25) is 4.79 Å². The minimum absolute atomic E-state index is 0.0781. The molecule has 0 spiro atoms. The number of halogens is 1. The fraction of sp³-hybridized carbons (Fsp3) is 0.278. The van der Waals surface area contributed by atoms with E-state index < -0.39 is 0 Å². The lowest BCUT2D eigenvalue weighted by Crippen LogP contribution is -2.34. The van der Waals surface area contributed by atoms with Crippen LogP contribution in [0.25, 0.3) is 0 Å². The van der Waals surface area contributed by atoms with E-state index in [1.807, 2.05) is 30.3 Å². The van der Waals surface area contributed by atoms with Crippen LogP contribution in [0, 0.1) is 0 Å². The van der Waals surface area contributed by atoms with E-state index in [0.717, 1.165) is 11.1 Å². The Bertz CT molecular complexity index is 646. The third kappa shape index (κ3) is 4.98. The predicted molar refractivity (Wildman–Crippen MR) is 90.7 cm³/mol. The molecule has 0 bridgehead atoms. The minimum atomic E-state index is -0.0801. The highest BCUT2D eigenvalue weighted by molar-refractivity contribution is 6.30. The molecule has 2 rings (SSSR count). The van der Waals surface area contributed by atoms with Crippen LogP contribution in [0.1, 0.15) is 11.1 Å². The summed E-state index contributed by atoms with van der Waals surface area (Å²) < 4.78 is 5.28. The number of hydrogen-bond donors (Lipinski definition) is 1. The highest BCUT2D eigenvalue weighted by atomic mass is 35.5. The molecule has 23 heavy (non-hydrogen) atoms. The van der Waals surface area contributed by atoms with Gasteiger partial charge in [-0.15, -0.1) is 0 Å². The number of amides is 1. The van der Waals surface area contributed by atoms with E-state index in [0.29, 0.717) is 17.3 Å². The van der Waals surface area contributed by atoms with E-state index in [4.69, 9.17) is 16.3 Å². The van der Waals surface area contributed by atoms with Crippen molar-refractivity contribution in [3.63, 3.8) is 0 Å². The summed E-state index contributed by atoms with van der Waals surface area (Å²) in [5.41, 5.74) is 1.76.